The summed E-state index contributed by atoms with van der Waals surface area (Å²) >= 11 is 0. The summed E-state index contributed by atoms with van der Waals surface area (Å²) in [4.78, 5) is 22.4. The molecule has 1 aromatic carbocycles. The number of aryl methyl sites for hydroxylation is 1. The number of Topliss-reactive ketones (excluding diaryl/α,β-unsaturated/α-hetero) is 1. The molecule has 0 radical (unpaired) electrons. The number of hydrogen-bond acceptors (Lipinski definition) is 4. The van der Waals surface area contributed by atoms with Crippen LogP contribution in [-0.4, -0.2) is 17.8 Å². The minimum Gasteiger partial charge on any atom is -0.496 e. The summed E-state index contributed by atoms with van der Waals surface area (Å²) in [5.74, 6) is 0.950. The quantitative estimate of drug-likeness (QED) is 0.591. The fraction of sp³-hybridized carbons (Fsp3) is 0.533. The molecule has 0 N–H and O–H groups in total. The lowest BCUT2D eigenvalue weighted by Gasteiger charge is -2.08. The smallest absolute Gasteiger partial charge is 0.273 e. The maximum absolute atomic E-state index is 12.0. The first-order chi connectivity index (χ1) is 9.60. The van der Waals surface area contributed by atoms with Crippen LogP contribution in [0.3, 0.4) is 0 Å². The van der Waals surface area contributed by atoms with Gasteiger partial charge >= 0.3 is 0 Å². The molecule has 2 rings (SSSR count). The first-order valence-corrected chi connectivity index (χ1v) is 6.95. The topological polar surface area (TPSA) is 69.4 Å². The molecule has 1 aliphatic carbocycles. The second-order valence-electron chi connectivity index (χ2n) is 5.24. The van der Waals surface area contributed by atoms with E-state index < -0.39 is 4.92 Å². The van der Waals surface area contributed by atoms with Crippen LogP contribution in [0.25, 0.3) is 0 Å². The second-order valence-corrected chi connectivity index (χ2v) is 5.24. The van der Waals surface area contributed by atoms with Crippen LogP contribution >= 0.6 is 0 Å². The van der Waals surface area contributed by atoms with Gasteiger partial charge in [-0.15, -0.1) is 0 Å². The number of ether oxygens (including phenoxy) is 1. The second kappa shape index (κ2) is 6.50. The number of nitrogens with zero attached hydrogens (tertiary/aromatic N) is 1. The van der Waals surface area contributed by atoms with Crippen molar-refractivity contribution < 1.29 is 14.5 Å². The van der Waals surface area contributed by atoms with Crippen LogP contribution in [-0.2, 0) is 11.2 Å². The Hall–Kier alpha value is -1.91. The van der Waals surface area contributed by atoms with Crippen molar-refractivity contribution in [3.05, 3.63) is 33.9 Å². The van der Waals surface area contributed by atoms with Crippen LogP contribution in [0.4, 0.5) is 5.69 Å². The lowest BCUT2D eigenvalue weighted by Crippen LogP contribution is -2.11. The van der Waals surface area contributed by atoms with Crippen molar-refractivity contribution in [2.75, 3.05) is 7.11 Å². The molecule has 0 aliphatic heterocycles. The van der Waals surface area contributed by atoms with E-state index >= 15 is 0 Å². The van der Waals surface area contributed by atoms with Crippen molar-refractivity contribution in [3.8, 4) is 5.75 Å². The van der Waals surface area contributed by atoms with E-state index in [2.05, 4.69) is 0 Å². The highest BCUT2D eigenvalue weighted by molar-refractivity contribution is 5.81. The number of carbonyl (C=O) groups excluding carboxylic acids is 1. The van der Waals surface area contributed by atoms with Gasteiger partial charge in [0.1, 0.15) is 11.5 Å². The summed E-state index contributed by atoms with van der Waals surface area (Å²) in [6.07, 6.45) is 5.26. The van der Waals surface area contributed by atoms with Gasteiger partial charge in [-0.2, -0.15) is 0 Å². The van der Waals surface area contributed by atoms with E-state index in [1.807, 2.05) is 0 Å². The molecule has 0 atom stereocenters. The number of carbonyl (C=O) groups is 1. The molecule has 1 aromatic rings. The molecule has 5 heteroatoms. The fourth-order valence-electron chi connectivity index (χ4n) is 2.73. The van der Waals surface area contributed by atoms with Gasteiger partial charge in [0.15, 0.2) is 0 Å². The molecule has 0 heterocycles. The van der Waals surface area contributed by atoms with Gasteiger partial charge in [-0.3, -0.25) is 14.9 Å². The predicted molar refractivity (Wildman–Crippen MR) is 74.9 cm³/mol. The lowest BCUT2D eigenvalue weighted by atomic mass is 9.96. The largest absolute Gasteiger partial charge is 0.496 e. The van der Waals surface area contributed by atoms with E-state index in [4.69, 9.17) is 4.74 Å². The first-order valence-electron chi connectivity index (χ1n) is 6.95. The number of nitro benzene ring substituents is 1. The molecule has 1 saturated carbocycles. The van der Waals surface area contributed by atoms with Crippen LogP contribution < -0.4 is 4.74 Å². The monoisotopic (exact) mass is 277 g/mol. The summed E-state index contributed by atoms with van der Waals surface area (Å²) in [5.41, 5.74) is 0.787. The van der Waals surface area contributed by atoms with Gasteiger partial charge in [0.2, 0.25) is 0 Å². The molecular weight excluding hydrogens is 258 g/mol. The molecule has 1 aliphatic rings. The Kier molecular flexibility index (Phi) is 4.71. The number of methoxy groups -OCH3 is 1. The number of rotatable bonds is 6. The Morgan fingerprint density at radius 1 is 1.35 bits per heavy atom. The molecule has 0 unspecified atom stereocenters. The summed E-state index contributed by atoms with van der Waals surface area (Å²) in [6.45, 7) is 0. The highest BCUT2D eigenvalue weighted by Crippen LogP contribution is 2.28. The van der Waals surface area contributed by atoms with Crippen molar-refractivity contribution >= 4 is 11.5 Å². The summed E-state index contributed by atoms with van der Waals surface area (Å²) in [5, 5.41) is 10.9. The third kappa shape index (κ3) is 3.56. The van der Waals surface area contributed by atoms with Crippen molar-refractivity contribution in [1.29, 1.82) is 0 Å². The lowest BCUT2D eigenvalue weighted by molar-refractivity contribution is -0.385. The van der Waals surface area contributed by atoms with Gasteiger partial charge in [0.05, 0.1) is 18.1 Å². The van der Waals surface area contributed by atoms with Gasteiger partial charge in [0, 0.05) is 18.4 Å². The fourth-order valence-corrected chi connectivity index (χ4v) is 2.73. The normalized spacial score (nSPS) is 15.2. The Morgan fingerprint density at radius 3 is 2.65 bits per heavy atom. The molecular formula is C15H19NO4. The first kappa shape index (κ1) is 14.5. The van der Waals surface area contributed by atoms with E-state index in [1.54, 1.807) is 6.07 Å². The summed E-state index contributed by atoms with van der Waals surface area (Å²) in [7, 11) is 1.48. The number of ketones is 1. The number of non-ortho nitro benzene ring substituents is 1. The third-order valence-corrected chi connectivity index (χ3v) is 3.87. The molecule has 0 bridgehead atoms. The number of benzene rings is 1. The Balaban J connectivity index is 2.02. The molecule has 0 spiro atoms. The van der Waals surface area contributed by atoms with Gasteiger partial charge in [-0.1, -0.05) is 12.8 Å². The van der Waals surface area contributed by atoms with Crippen molar-refractivity contribution in [1.82, 2.24) is 0 Å². The third-order valence-electron chi connectivity index (χ3n) is 3.87. The van der Waals surface area contributed by atoms with E-state index in [-0.39, 0.29) is 17.4 Å². The van der Waals surface area contributed by atoms with Crippen molar-refractivity contribution in [2.24, 2.45) is 5.92 Å². The number of nitro groups is 1. The molecule has 108 valence electrons. The molecule has 20 heavy (non-hydrogen) atoms. The Morgan fingerprint density at radius 2 is 2.05 bits per heavy atom. The Bertz CT molecular complexity index is 507. The van der Waals surface area contributed by atoms with Crippen LogP contribution in [0.2, 0.25) is 0 Å². The highest BCUT2D eigenvalue weighted by Gasteiger charge is 2.22. The zero-order valence-corrected chi connectivity index (χ0v) is 11.6. The van der Waals surface area contributed by atoms with Gasteiger partial charge < -0.3 is 4.74 Å². The summed E-state index contributed by atoms with van der Waals surface area (Å²) in [6, 6.07) is 4.67. The molecule has 0 amide bonds. The average Bonchev–Trinajstić information content (AvgIpc) is 2.98. The van der Waals surface area contributed by atoms with Crippen LogP contribution in [0, 0.1) is 16.0 Å². The van der Waals surface area contributed by atoms with E-state index in [0.717, 1.165) is 31.2 Å². The van der Waals surface area contributed by atoms with E-state index in [0.29, 0.717) is 18.6 Å². The van der Waals surface area contributed by atoms with Gasteiger partial charge in [-0.05, 0) is 30.9 Å². The van der Waals surface area contributed by atoms with Gasteiger partial charge in [-0.25, -0.2) is 0 Å². The van der Waals surface area contributed by atoms with Crippen LogP contribution in [0.5, 0.6) is 5.75 Å². The summed E-state index contributed by atoms with van der Waals surface area (Å²) < 4.78 is 5.06. The molecule has 5 nitrogen and oxygen atoms in total. The standard InChI is InChI=1S/C15H19NO4/c1-20-14-9-11(8-13(10-14)16(18)19)6-7-15(17)12-4-2-3-5-12/h8-10,12H,2-7H2,1H3. The minimum absolute atomic E-state index is 0.00710. The van der Waals surface area contributed by atoms with E-state index in [1.165, 1.54) is 19.2 Å². The molecule has 1 fully saturated rings. The molecule has 0 aromatic heterocycles. The highest BCUT2D eigenvalue weighted by atomic mass is 16.6. The van der Waals surface area contributed by atoms with Crippen molar-refractivity contribution in [3.63, 3.8) is 0 Å². The maximum atomic E-state index is 12.0. The zero-order valence-electron chi connectivity index (χ0n) is 11.6. The Labute approximate surface area is 118 Å². The average molecular weight is 277 g/mol. The molecule has 0 saturated heterocycles. The minimum atomic E-state index is -0.440. The SMILES string of the molecule is COc1cc(CCC(=O)C2CCCC2)cc([N+](=O)[O-])c1. The van der Waals surface area contributed by atoms with Gasteiger partial charge in [0.25, 0.3) is 5.69 Å². The maximum Gasteiger partial charge on any atom is 0.273 e. The van der Waals surface area contributed by atoms with Crippen molar-refractivity contribution in [2.45, 2.75) is 38.5 Å². The predicted octanol–water partition coefficient (Wildman–Crippen LogP) is 3.30. The van der Waals surface area contributed by atoms with E-state index in [9.17, 15) is 14.9 Å². The van der Waals surface area contributed by atoms with Crippen LogP contribution in [0.1, 0.15) is 37.7 Å². The zero-order chi connectivity index (χ0) is 14.5. The number of hydrogen-bond donors (Lipinski definition) is 0. The van der Waals surface area contributed by atoms with Crippen LogP contribution in [0.15, 0.2) is 18.2 Å².